The number of methoxy groups -OCH3 is 1. The van der Waals surface area contributed by atoms with Crippen LogP contribution >= 0.6 is 0 Å². The highest BCUT2D eigenvalue weighted by molar-refractivity contribution is 5.90. The zero-order chi connectivity index (χ0) is 20.7. The van der Waals surface area contributed by atoms with Crippen LogP contribution in [-0.4, -0.2) is 36.7 Å². The Hall–Kier alpha value is -1.79. The Kier molecular flexibility index (Phi) is 3.89. The number of alkyl halides is 3. The van der Waals surface area contributed by atoms with E-state index in [0.717, 1.165) is 18.9 Å². The molecule has 29 heavy (non-hydrogen) atoms. The molecule has 6 rings (SSSR count). The van der Waals surface area contributed by atoms with E-state index in [1.165, 1.54) is 13.2 Å². The van der Waals surface area contributed by atoms with Crippen molar-refractivity contribution in [1.82, 2.24) is 0 Å². The summed E-state index contributed by atoms with van der Waals surface area (Å²) in [6.45, 7) is -0.0628. The van der Waals surface area contributed by atoms with E-state index in [4.69, 9.17) is 4.74 Å². The number of rotatable bonds is 5. The third-order valence-electron chi connectivity index (χ3n) is 7.03. The van der Waals surface area contributed by atoms with Gasteiger partial charge in [0.05, 0.1) is 19.3 Å². The summed E-state index contributed by atoms with van der Waals surface area (Å²) in [7, 11) is 1.18. The Labute approximate surface area is 166 Å². The van der Waals surface area contributed by atoms with Crippen LogP contribution in [0.2, 0.25) is 0 Å². The summed E-state index contributed by atoms with van der Waals surface area (Å²) in [6.07, 6.45) is 1.25. The Morgan fingerprint density at radius 1 is 1.00 bits per heavy atom. The molecule has 1 aromatic rings. The molecule has 3 nitrogen and oxygen atoms in total. The van der Waals surface area contributed by atoms with E-state index in [9.17, 15) is 9.18 Å². The van der Waals surface area contributed by atoms with Crippen molar-refractivity contribution in [3.8, 4) is 5.75 Å². The molecule has 0 amide bonds. The predicted molar refractivity (Wildman–Crippen MR) is 96.9 cm³/mol. The van der Waals surface area contributed by atoms with Gasteiger partial charge < -0.3 is 9.47 Å². The van der Waals surface area contributed by atoms with E-state index in [-0.39, 0.29) is 62.4 Å². The quantitative estimate of drug-likeness (QED) is 0.482. The van der Waals surface area contributed by atoms with Gasteiger partial charge >= 0.3 is 5.97 Å². The van der Waals surface area contributed by atoms with Crippen molar-refractivity contribution in [3.63, 3.8) is 0 Å². The summed E-state index contributed by atoms with van der Waals surface area (Å²) in [6, 6.07) is 2.58. The minimum Gasteiger partial charge on any atom is -0.493 e. The Balaban J connectivity index is 1.43. The molecule has 0 aliphatic heterocycles. The Bertz CT molecular complexity index is 828. The van der Waals surface area contributed by atoms with Crippen LogP contribution < -0.4 is 4.74 Å². The molecule has 4 bridgehead atoms. The van der Waals surface area contributed by atoms with Crippen LogP contribution in [0.4, 0.5) is 17.6 Å². The number of hydrogen-bond acceptors (Lipinski definition) is 3. The molecule has 5 saturated carbocycles. The van der Waals surface area contributed by atoms with Gasteiger partial charge in [0.1, 0.15) is 28.6 Å². The summed E-state index contributed by atoms with van der Waals surface area (Å²) >= 11 is 0. The molecule has 0 saturated heterocycles. The van der Waals surface area contributed by atoms with Crippen LogP contribution in [0.15, 0.2) is 12.1 Å². The molecule has 1 aromatic carbocycles. The SMILES string of the molecule is COC(=O)c1cc(C2CC2)c(OCC23CC4(F)CC(F)(CC(F)(C4)C2)C3)cc1F. The minimum atomic E-state index is -1.85. The lowest BCUT2D eigenvalue weighted by atomic mass is 9.46. The van der Waals surface area contributed by atoms with E-state index < -0.39 is 34.2 Å². The highest BCUT2D eigenvalue weighted by Gasteiger charge is 2.70. The Morgan fingerprint density at radius 3 is 2.03 bits per heavy atom. The number of halogens is 4. The van der Waals surface area contributed by atoms with Gasteiger partial charge in [-0.25, -0.2) is 22.4 Å². The summed E-state index contributed by atoms with van der Waals surface area (Å²) in [5.74, 6) is -1.12. The molecular weight excluding hydrogens is 388 g/mol. The molecule has 0 N–H and O–H groups in total. The van der Waals surface area contributed by atoms with Gasteiger partial charge in [0, 0.05) is 30.7 Å². The van der Waals surface area contributed by atoms with Crippen molar-refractivity contribution in [2.45, 2.75) is 74.3 Å². The first-order valence-corrected chi connectivity index (χ1v) is 10.2. The fourth-order valence-electron chi connectivity index (χ4n) is 6.53. The highest BCUT2D eigenvalue weighted by Crippen LogP contribution is 2.68. The van der Waals surface area contributed by atoms with Gasteiger partial charge in [0.15, 0.2) is 0 Å². The zero-order valence-electron chi connectivity index (χ0n) is 16.3. The molecule has 5 aliphatic rings. The van der Waals surface area contributed by atoms with Gasteiger partial charge in [-0.1, -0.05) is 0 Å². The lowest BCUT2D eigenvalue weighted by molar-refractivity contribution is -0.223. The van der Waals surface area contributed by atoms with Gasteiger partial charge in [-0.2, -0.15) is 0 Å². The molecule has 0 atom stereocenters. The summed E-state index contributed by atoms with van der Waals surface area (Å²) in [5, 5.41) is 0. The second-order valence-electron chi connectivity index (χ2n) is 9.94. The van der Waals surface area contributed by atoms with Crippen LogP contribution in [0.3, 0.4) is 0 Å². The fourth-order valence-corrected chi connectivity index (χ4v) is 6.53. The molecule has 0 aromatic heterocycles. The molecular formula is C22H24F4O3. The summed E-state index contributed by atoms with van der Waals surface area (Å²) in [5.41, 5.74) is -5.95. The van der Waals surface area contributed by atoms with E-state index in [1.54, 1.807) is 0 Å². The number of benzene rings is 1. The maximum absolute atomic E-state index is 15.2. The van der Waals surface area contributed by atoms with Crippen LogP contribution in [0.5, 0.6) is 5.75 Å². The summed E-state index contributed by atoms with van der Waals surface area (Å²) < 4.78 is 70.5. The maximum Gasteiger partial charge on any atom is 0.340 e. The van der Waals surface area contributed by atoms with Gasteiger partial charge in [-0.3, -0.25) is 0 Å². The highest BCUT2D eigenvalue weighted by atomic mass is 19.2. The molecule has 7 heteroatoms. The lowest BCUT2D eigenvalue weighted by Crippen LogP contribution is -2.66. The Morgan fingerprint density at radius 2 is 1.55 bits per heavy atom. The van der Waals surface area contributed by atoms with Crippen molar-refractivity contribution in [2.24, 2.45) is 5.41 Å². The van der Waals surface area contributed by atoms with E-state index >= 15 is 13.2 Å². The van der Waals surface area contributed by atoms with Crippen molar-refractivity contribution in [3.05, 3.63) is 29.1 Å². The standard InChI is InChI=1S/C22H24F4O3/c1-28-18(27)15-4-14(13-2-3-13)17(5-16(15)23)29-12-19-6-20(24)9-21(25,7-19)11-22(26,8-19)10-20/h4-5,13H,2-3,6-12H2,1H3. The fraction of sp³-hybridized carbons (Fsp3) is 0.682. The van der Waals surface area contributed by atoms with E-state index in [2.05, 4.69) is 4.74 Å². The molecule has 158 valence electrons. The largest absolute Gasteiger partial charge is 0.493 e. The first-order valence-electron chi connectivity index (χ1n) is 10.2. The number of esters is 1. The number of ether oxygens (including phenoxy) is 2. The van der Waals surface area contributed by atoms with Crippen molar-refractivity contribution in [1.29, 1.82) is 0 Å². The average molecular weight is 412 g/mol. The third kappa shape index (κ3) is 3.21. The predicted octanol–water partition coefficient (Wildman–Crippen LogP) is 5.36. The van der Waals surface area contributed by atoms with Crippen molar-refractivity contribution < 1.29 is 31.8 Å². The minimum absolute atomic E-state index is 0.0628. The van der Waals surface area contributed by atoms with Crippen LogP contribution in [-0.2, 0) is 4.74 Å². The second kappa shape index (κ2) is 5.88. The first-order chi connectivity index (χ1) is 13.6. The van der Waals surface area contributed by atoms with Gasteiger partial charge in [-0.15, -0.1) is 0 Å². The van der Waals surface area contributed by atoms with Crippen molar-refractivity contribution >= 4 is 5.97 Å². The number of carbonyl (C=O) groups excluding carboxylic acids is 1. The zero-order valence-corrected chi connectivity index (χ0v) is 16.3. The molecule has 0 unspecified atom stereocenters. The smallest absolute Gasteiger partial charge is 0.340 e. The second-order valence-corrected chi connectivity index (χ2v) is 9.94. The summed E-state index contributed by atoms with van der Waals surface area (Å²) in [4.78, 5) is 11.8. The first kappa shape index (κ1) is 19.2. The molecule has 0 heterocycles. The number of hydrogen-bond donors (Lipinski definition) is 0. The molecule has 5 fully saturated rings. The third-order valence-corrected chi connectivity index (χ3v) is 7.03. The van der Waals surface area contributed by atoms with E-state index in [0.29, 0.717) is 5.56 Å². The molecule has 0 spiro atoms. The topological polar surface area (TPSA) is 35.5 Å². The van der Waals surface area contributed by atoms with Crippen LogP contribution in [0.25, 0.3) is 0 Å². The lowest BCUT2D eigenvalue weighted by Gasteiger charge is -2.62. The monoisotopic (exact) mass is 412 g/mol. The van der Waals surface area contributed by atoms with Crippen LogP contribution in [0, 0.1) is 11.2 Å². The van der Waals surface area contributed by atoms with E-state index in [1.807, 2.05) is 0 Å². The normalized spacial score (nSPS) is 40.2. The van der Waals surface area contributed by atoms with Gasteiger partial charge in [-0.05, 0) is 49.7 Å². The van der Waals surface area contributed by atoms with Gasteiger partial charge in [0.2, 0.25) is 0 Å². The molecule has 0 radical (unpaired) electrons. The average Bonchev–Trinajstić information content (AvgIpc) is 3.40. The maximum atomic E-state index is 15.2. The van der Waals surface area contributed by atoms with Crippen molar-refractivity contribution in [2.75, 3.05) is 13.7 Å². The number of carbonyl (C=O) groups is 1. The van der Waals surface area contributed by atoms with Gasteiger partial charge in [0.25, 0.3) is 0 Å². The van der Waals surface area contributed by atoms with Crippen LogP contribution in [0.1, 0.15) is 73.2 Å². The molecule has 5 aliphatic carbocycles.